The van der Waals surface area contributed by atoms with Gasteiger partial charge in [-0.15, -0.1) is 5.10 Å². The van der Waals surface area contributed by atoms with Crippen LogP contribution in [-0.2, 0) is 17.1 Å². The van der Waals surface area contributed by atoms with Crippen LogP contribution in [0, 0.1) is 0 Å². The fraction of sp³-hybridized carbons (Fsp3) is 0.200. The molecule has 1 aromatic carbocycles. The van der Waals surface area contributed by atoms with Crippen molar-refractivity contribution in [1.29, 1.82) is 0 Å². The molecule has 0 bridgehead atoms. The summed E-state index contributed by atoms with van der Waals surface area (Å²) in [6.07, 6.45) is 0. The van der Waals surface area contributed by atoms with Gasteiger partial charge in [-0.2, -0.15) is 8.42 Å². The van der Waals surface area contributed by atoms with Crippen LogP contribution in [0.25, 0.3) is 0 Å². The van der Waals surface area contributed by atoms with Crippen LogP contribution in [0.15, 0.2) is 27.8 Å². The van der Waals surface area contributed by atoms with E-state index in [1.54, 1.807) is 12.1 Å². The van der Waals surface area contributed by atoms with Gasteiger partial charge in [0.15, 0.2) is 4.60 Å². The van der Waals surface area contributed by atoms with Crippen LogP contribution in [0.2, 0.25) is 0 Å². The number of nitrogens with zero attached hydrogens (tertiary/aromatic N) is 3. The smallest absolute Gasteiger partial charge is 0.281 e. The summed E-state index contributed by atoms with van der Waals surface area (Å²) in [5, 5.41) is 7.16. The number of aryl methyl sites for hydroxylation is 1. The van der Waals surface area contributed by atoms with Gasteiger partial charge in [-0.25, -0.2) is 4.68 Å². The van der Waals surface area contributed by atoms with E-state index in [0.29, 0.717) is 5.75 Å². The Hall–Kier alpha value is -1.81. The number of nitrogen functional groups attached to an aromatic ring is 1. The van der Waals surface area contributed by atoms with E-state index < -0.39 is 10.0 Å². The summed E-state index contributed by atoms with van der Waals surface area (Å²) in [4.78, 5) is 0. The Morgan fingerprint density at radius 1 is 1.45 bits per heavy atom. The summed E-state index contributed by atoms with van der Waals surface area (Å²) in [7, 11) is -0.922. The molecule has 2 rings (SSSR count). The topological polar surface area (TPSA) is 112 Å². The molecule has 0 radical (unpaired) electrons. The quantitative estimate of drug-likeness (QED) is 0.784. The first-order valence-corrected chi connectivity index (χ1v) is 7.64. The Bertz CT molecular complexity index is 724. The summed E-state index contributed by atoms with van der Waals surface area (Å²) in [6.45, 7) is 0. The predicted molar refractivity (Wildman–Crippen MR) is 76.9 cm³/mol. The minimum Gasteiger partial charge on any atom is -0.497 e. The van der Waals surface area contributed by atoms with Gasteiger partial charge in [-0.05, 0) is 28.1 Å². The lowest BCUT2D eigenvalue weighted by atomic mass is 10.2. The van der Waals surface area contributed by atoms with Gasteiger partial charge in [-0.3, -0.25) is 4.72 Å². The summed E-state index contributed by atoms with van der Waals surface area (Å²) in [5.74, 6) is 0.485. The zero-order valence-electron chi connectivity index (χ0n) is 10.7. The van der Waals surface area contributed by atoms with Crippen molar-refractivity contribution in [2.24, 2.45) is 7.05 Å². The van der Waals surface area contributed by atoms with Gasteiger partial charge in [0.2, 0.25) is 5.03 Å². The largest absolute Gasteiger partial charge is 0.497 e. The first-order valence-electron chi connectivity index (χ1n) is 5.36. The Morgan fingerprint density at radius 2 is 2.15 bits per heavy atom. The van der Waals surface area contributed by atoms with Crippen LogP contribution in [0.5, 0.6) is 5.75 Å². The van der Waals surface area contributed by atoms with Crippen molar-refractivity contribution < 1.29 is 13.2 Å². The molecule has 0 fully saturated rings. The molecule has 0 saturated heterocycles. The van der Waals surface area contributed by atoms with Gasteiger partial charge in [0, 0.05) is 13.1 Å². The summed E-state index contributed by atoms with van der Waals surface area (Å²) < 4.78 is 33.3. The molecule has 0 aliphatic carbocycles. The van der Waals surface area contributed by atoms with E-state index >= 15 is 0 Å². The number of rotatable bonds is 4. The molecule has 0 aliphatic rings. The summed E-state index contributed by atoms with van der Waals surface area (Å²) in [5.41, 5.74) is 6.25. The number of hydrogen-bond donors (Lipinski definition) is 2. The second-order valence-electron chi connectivity index (χ2n) is 3.87. The SMILES string of the molecule is COc1ccc(N)c(NS(=O)(=O)c2c(Br)nnn2C)c1. The molecule has 10 heteroatoms. The molecule has 0 unspecified atom stereocenters. The van der Waals surface area contributed by atoms with Gasteiger partial charge >= 0.3 is 0 Å². The third-order valence-electron chi connectivity index (χ3n) is 2.50. The maximum absolute atomic E-state index is 12.3. The zero-order valence-corrected chi connectivity index (χ0v) is 13.1. The number of methoxy groups -OCH3 is 1. The lowest BCUT2D eigenvalue weighted by molar-refractivity contribution is 0.415. The van der Waals surface area contributed by atoms with E-state index in [9.17, 15) is 8.42 Å². The number of nitrogens with one attached hydrogen (secondary N) is 1. The van der Waals surface area contributed by atoms with Crippen molar-refractivity contribution in [2.75, 3.05) is 17.6 Å². The molecule has 1 heterocycles. The molecule has 0 aliphatic heterocycles. The molecular weight excluding hydrogens is 350 g/mol. The second-order valence-corrected chi connectivity index (χ2v) is 6.22. The average molecular weight is 362 g/mol. The van der Waals surface area contributed by atoms with Gasteiger partial charge < -0.3 is 10.5 Å². The third-order valence-corrected chi connectivity index (χ3v) is 4.75. The Kier molecular flexibility index (Phi) is 3.86. The van der Waals surface area contributed by atoms with E-state index in [1.807, 2.05) is 0 Å². The fourth-order valence-electron chi connectivity index (χ4n) is 1.55. The minimum atomic E-state index is -3.87. The van der Waals surface area contributed by atoms with E-state index in [2.05, 4.69) is 31.0 Å². The highest BCUT2D eigenvalue weighted by molar-refractivity contribution is 9.10. The van der Waals surface area contributed by atoms with Crippen LogP contribution in [0.3, 0.4) is 0 Å². The van der Waals surface area contributed by atoms with E-state index in [0.717, 1.165) is 4.68 Å². The van der Waals surface area contributed by atoms with Gasteiger partial charge in [-0.1, -0.05) is 5.21 Å². The highest BCUT2D eigenvalue weighted by Gasteiger charge is 2.24. The Labute approximate surface area is 124 Å². The fourth-order valence-corrected chi connectivity index (χ4v) is 3.73. The maximum atomic E-state index is 12.3. The molecule has 2 aromatic rings. The minimum absolute atomic E-state index is 0.0975. The lowest BCUT2D eigenvalue weighted by Gasteiger charge is -2.11. The Morgan fingerprint density at radius 3 is 2.70 bits per heavy atom. The molecular formula is C10H12BrN5O3S. The standard InChI is InChI=1S/C10H12BrN5O3S/c1-16-10(9(11)13-15-16)20(17,18)14-8-5-6(19-2)3-4-7(8)12/h3-5,14H,12H2,1-2H3. The molecule has 0 saturated carbocycles. The van der Waals surface area contributed by atoms with Crippen LogP contribution in [0.4, 0.5) is 11.4 Å². The highest BCUT2D eigenvalue weighted by Crippen LogP contribution is 2.28. The van der Waals surface area contributed by atoms with Crippen molar-refractivity contribution in [3.8, 4) is 5.75 Å². The normalized spacial score (nSPS) is 11.3. The van der Waals surface area contributed by atoms with E-state index in [1.165, 1.54) is 20.2 Å². The van der Waals surface area contributed by atoms with Gasteiger partial charge in [0.25, 0.3) is 10.0 Å². The summed E-state index contributed by atoms with van der Waals surface area (Å²) in [6, 6.07) is 4.67. The number of ether oxygens (including phenoxy) is 1. The molecule has 8 nitrogen and oxygen atoms in total. The van der Waals surface area contributed by atoms with Crippen LogP contribution in [-0.4, -0.2) is 30.5 Å². The molecule has 0 spiro atoms. The second kappa shape index (κ2) is 5.29. The first kappa shape index (κ1) is 14.6. The molecule has 3 N–H and O–H groups in total. The molecule has 108 valence electrons. The maximum Gasteiger partial charge on any atom is 0.281 e. The molecule has 20 heavy (non-hydrogen) atoms. The van der Waals surface area contributed by atoms with Gasteiger partial charge in [0.1, 0.15) is 5.75 Å². The van der Waals surface area contributed by atoms with Crippen LogP contribution >= 0.6 is 15.9 Å². The number of anilines is 2. The van der Waals surface area contributed by atoms with Crippen molar-refractivity contribution in [3.05, 3.63) is 22.8 Å². The van der Waals surface area contributed by atoms with Gasteiger partial charge in [0.05, 0.1) is 18.5 Å². The number of hydrogen-bond acceptors (Lipinski definition) is 6. The van der Waals surface area contributed by atoms with E-state index in [-0.39, 0.29) is 21.0 Å². The zero-order chi connectivity index (χ0) is 14.9. The van der Waals surface area contributed by atoms with Crippen LogP contribution < -0.4 is 15.2 Å². The first-order chi connectivity index (χ1) is 9.35. The number of benzene rings is 1. The van der Waals surface area contributed by atoms with Crippen molar-refractivity contribution in [3.63, 3.8) is 0 Å². The summed E-state index contributed by atoms with van der Waals surface area (Å²) >= 11 is 3.04. The van der Waals surface area contributed by atoms with Crippen molar-refractivity contribution in [1.82, 2.24) is 15.0 Å². The Balaban J connectivity index is 2.43. The third kappa shape index (κ3) is 2.70. The molecule has 0 atom stereocenters. The lowest BCUT2D eigenvalue weighted by Crippen LogP contribution is -2.18. The monoisotopic (exact) mass is 361 g/mol. The van der Waals surface area contributed by atoms with Crippen LogP contribution in [0.1, 0.15) is 0 Å². The van der Waals surface area contributed by atoms with Crippen molar-refractivity contribution in [2.45, 2.75) is 5.03 Å². The average Bonchev–Trinajstić information content (AvgIpc) is 2.72. The number of sulfonamides is 1. The molecule has 0 amide bonds. The van der Waals surface area contributed by atoms with E-state index in [4.69, 9.17) is 10.5 Å². The van der Waals surface area contributed by atoms with Crippen molar-refractivity contribution >= 4 is 37.3 Å². The molecule has 1 aromatic heterocycles. The number of halogens is 1. The predicted octanol–water partition coefficient (Wildman–Crippen LogP) is 0.969. The highest BCUT2D eigenvalue weighted by atomic mass is 79.9. The number of nitrogens with two attached hydrogens (primary N) is 1. The number of aromatic nitrogens is 3.